The van der Waals surface area contributed by atoms with Gasteiger partial charge in [-0.05, 0) is 49.9 Å². The van der Waals surface area contributed by atoms with Crippen molar-refractivity contribution in [2.24, 2.45) is 11.7 Å². The van der Waals surface area contributed by atoms with Crippen LogP contribution in [0.25, 0.3) is 0 Å². The molecule has 0 radical (unpaired) electrons. The third-order valence-corrected chi connectivity index (χ3v) is 7.77. The van der Waals surface area contributed by atoms with Crippen molar-refractivity contribution in [3.63, 3.8) is 0 Å². The minimum Gasteiger partial charge on any atom is -0.366 e. The van der Waals surface area contributed by atoms with Gasteiger partial charge in [-0.2, -0.15) is 0 Å². The van der Waals surface area contributed by atoms with Crippen LogP contribution in [0.1, 0.15) is 43.1 Å². The summed E-state index contributed by atoms with van der Waals surface area (Å²) in [5.41, 5.74) is 6.36. The summed E-state index contributed by atoms with van der Waals surface area (Å²) in [6, 6.07) is 15.8. The molecule has 1 aromatic carbocycles. The maximum Gasteiger partial charge on any atom is 0.253 e. The van der Waals surface area contributed by atoms with E-state index in [4.69, 9.17) is 5.73 Å². The smallest absolute Gasteiger partial charge is 0.253 e. The average Bonchev–Trinajstić information content (AvgIpc) is 3.09. The highest BCUT2D eigenvalue weighted by Gasteiger charge is 2.40. The molecule has 1 aliphatic rings. The maximum atomic E-state index is 13.6. The quantitative estimate of drug-likeness (QED) is 0.531. The molecule has 34 heavy (non-hydrogen) atoms. The van der Waals surface area contributed by atoms with E-state index in [1.165, 1.54) is 18.3 Å². The second-order valence-electron chi connectivity index (χ2n) is 9.31. The maximum absolute atomic E-state index is 13.6. The molecule has 3 N–H and O–H groups in total. The van der Waals surface area contributed by atoms with Gasteiger partial charge in [0.15, 0.2) is 5.03 Å². The van der Waals surface area contributed by atoms with Gasteiger partial charge in [-0.3, -0.25) is 4.79 Å². The first kappa shape index (κ1) is 23.7. The zero-order valence-electron chi connectivity index (χ0n) is 19.5. The van der Waals surface area contributed by atoms with E-state index >= 15 is 0 Å². The number of sulfone groups is 1. The van der Waals surface area contributed by atoms with Crippen LogP contribution in [0.5, 0.6) is 0 Å². The van der Waals surface area contributed by atoms with Gasteiger partial charge in [-0.25, -0.2) is 18.4 Å². The molecule has 1 atom stereocenters. The van der Waals surface area contributed by atoms with Gasteiger partial charge < -0.3 is 16.0 Å². The van der Waals surface area contributed by atoms with Crippen LogP contribution in [0, 0.1) is 5.92 Å². The molecule has 0 saturated carbocycles. The van der Waals surface area contributed by atoms with E-state index < -0.39 is 15.7 Å². The Morgan fingerprint density at radius 3 is 2.53 bits per heavy atom. The fraction of sp³-hybridized carbons (Fsp3) is 0.320. The fourth-order valence-corrected chi connectivity index (χ4v) is 6.02. The third-order valence-electron chi connectivity index (χ3n) is 6.07. The largest absolute Gasteiger partial charge is 0.366 e. The molecule has 3 heterocycles. The SMILES string of the molecule is CC1CN(c2nccc(S(=O)(=O)c3cccc(NCc4ccccc4)n3)c2C(N)=O)C(C)(C)C1. The zero-order chi connectivity index (χ0) is 24.5. The second-order valence-corrected chi connectivity index (χ2v) is 11.2. The lowest BCUT2D eigenvalue weighted by Gasteiger charge is -2.33. The first-order valence-corrected chi connectivity index (χ1v) is 12.6. The number of amides is 1. The number of hydrogen-bond acceptors (Lipinski definition) is 7. The molecule has 1 aliphatic heterocycles. The Bertz CT molecular complexity index is 1310. The van der Waals surface area contributed by atoms with E-state index in [0.29, 0.717) is 30.6 Å². The number of rotatable bonds is 7. The van der Waals surface area contributed by atoms with Crippen molar-refractivity contribution in [3.8, 4) is 0 Å². The number of carbonyl (C=O) groups excluding carboxylic acids is 1. The van der Waals surface area contributed by atoms with E-state index in [1.54, 1.807) is 12.1 Å². The van der Waals surface area contributed by atoms with Crippen LogP contribution >= 0.6 is 0 Å². The molecule has 4 rings (SSSR count). The Balaban J connectivity index is 1.72. The topological polar surface area (TPSA) is 118 Å². The molecular weight excluding hydrogens is 450 g/mol. The van der Waals surface area contributed by atoms with Crippen molar-refractivity contribution in [3.05, 3.63) is 71.9 Å². The van der Waals surface area contributed by atoms with E-state index in [-0.39, 0.29) is 21.0 Å². The van der Waals surface area contributed by atoms with Crippen LogP contribution in [0.15, 0.2) is 70.7 Å². The van der Waals surface area contributed by atoms with Crippen LogP contribution in [0.4, 0.5) is 11.6 Å². The highest BCUT2D eigenvalue weighted by Crippen LogP contribution is 2.39. The van der Waals surface area contributed by atoms with Crippen molar-refractivity contribution in [1.82, 2.24) is 9.97 Å². The van der Waals surface area contributed by atoms with Crippen LogP contribution in [0.2, 0.25) is 0 Å². The lowest BCUT2D eigenvalue weighted by molar-refractivity contribution is 0.0997. The van der Waals surface area contributed by atoms with Gasteiger partial charge in [0.05, 0.1) is 4.90 Å². The molecule has 8 nitrogen and oxygen atoms in total. The Kier molecular flexibility index (Phi) is 6.31. The average molecular weight is 480 g/mol. The number of aromatic nitrogens is 2. The molecule has 1 amide bonds. The molecule has 1 unspecified atom stereocenters. The normalized spacial score (nSPS) is 17.5. The molecule has 3 aromatic rings. The lowest BCUT2D eigenvalue weighted by atomic mass is 9.97. The Labute approximate surface area is 200 Å². The summed E-state index contributed by atoms with van der Waals surface area (Å²) in [6.45, 7) is 7.36. The van der Waals surface area contributed by atoms with Crippen LogP contribution < -0.4 is 16.0 Å². The van der Waals surface area contributed by atoms with Crippen molar-refractivity contribution < 1.29 is 13.2 Å². The summed E-state index contributed by atoms with van der Waals surface area (Å²) in [4.78, 5) is 23.0. The van der Waals surface area contributed by atoms with Crippen LogP contribution in [-0.4, -0.2) is 36.4 Å². The summed E-state index contributed by atoms with van der Waals surface area (Å²) in [5.74, 6) is 0.234. The van der Waals surface area contributed by atoms with Crippen molar-refractivity contribution >= 4 is 27.4 Å². The van der Waals surface area contributed by atoms with Crippen LogP contribution in [-0.2, 0) is 16.4 Å². The highest BCUT2D eigenvalue weighted by atomic mass is 32.2. The lowest BCUT2D eigenvalue weighted by Crippen LogP contribution is -2.40. The minimum absolute atomic E-state index is 0.103. The van der Waals surface area contributed by atoms with Crippen molar-refractivity contribution in [2.45, 2.75) is 49.2 Å². The van der Waals surface area contributed by atoms with Crippen LogP contribution in [0.3, 0.4) is 0 Å². The minimum atomic E-state index is -4.14. The number of anilines is 2. The molecule has 0 aliphatic carbocycles. The number of carbonyl (C=O) groups is 1. The summed E-state index contributed by atoms with van der Waals surface area (Å²) >= 11 is 0. The second kappa shape index (κ2) is 9.06. The third kappa shape index (κ3) is 4.61. The van der Waals surface area contributed by atoms with Gasteiger partial charge in [-0.15, -0.1) is 0 Å². The molecule has 178 valence electrons. The molecule has 2 aromatic heterocycles. The Morgan fingerprint density at radius 2 is 1.88 bits per heavy atom. The Hall–Kier alpha value is -3.46. The molecule has 0 bridgehead atoms. The predicted octanol–water partition coefficient (Wildman–Crippen LogP) is 3.65. The molecule has 1 fully saturated rings. The number of hydrogen-bond donors (Lipinski definition) is 2. The summed E-state index contributed by atoms with van der Waals surface area (Å²) in [7, 11) is -4.14. The van der Waals surface area contributed by atoms with E-state index in [2.05, 4.69) is 22.2 Å². The van der Waals surface area contributed by atoms with Gasteiger partial charge in [0.1, 0.15) is 17.2 Å². The summed E-state index contributed by atoms with van der Waals surface area (Å²) in [6.07, 6.45) is 2.30. The van der Waals surface area contributed by atoms with Crippen molar-refractivity contribution in [2.75, 3.05) is 16.8 Å². The van der Waals surface area contributed by atoms with E-state index in [1.807, 2.05) is 49.1 Å². The standard InChI is InChI=1S/C25H29N5O3S/c1-17-14-25(2,3)30(16-17)24-22(23(26)31)19(12-13-27-24)34(32,33)21-11-7-10-20(29-21)28-15-18-8-5-4-6-9-18/h4-13,17H,14-16H2,1-3H3,(H2,26,31)(H,28,29). The Morgan fingerprint density at radius 1 is 1.15 bits per heavy atom. The number of nitrogens with two attached hydrogens (primary N) is 1. The predicted molar refractivity (Wildman–Crippen MR) is 131 cm³/mol. The van der Waals surface area contributed by atoms with E-state index in [9.17, 15) is 13.2 Å². The summed E-state index contributed by atoms with van der Waals surface area (Å²) in [5, 5.41) is 2.98. The fourth-order valence-electron chi connectivity index (χ4n) is 4.62. The monoisotopic (exact) mass is 479 g/mol. The van der Waals surface area contributed by atoms with Gasteiger partial charge in [0, 0.05) is 24.8 Å². The zero-order valence-corrected chi connectivity index (χ0v) is 20.3. The molecular formula is C25H29N5O3S. The first-order valence-electron chi connectivity index (χ1n) is 11.2. The van der Waals surface area contributed by atoms with Gasteiger partial charge in [-0.1, -0.05) is 43.3 Å². The number of nitrogens with one attached hydrogen (secondary N) is 1. The first-order chi connectivity index (χ1) is 16.1. The van der Waals surface area contributed by atoms with E-state index in [0.717, 1.165) is 12.0 Å². The summed E-state index contributed by atoms with van der Waals surface area (Å²) < 4.78 is 27.3. The van der Waals surface area contributed by atoms with Gasteiger partial charge >= 0.3 is 0 Å². The molecule has 1 saturated heterocycles. The number of benzene rings is 1. The van der Waals surface area contributed by atoms with Gasteiger partial charge in [0.25, 0.3) is 5.91 Å². The number of pyridine rings is 2. The molecule has 9 heteroatoms. The highest BCUT2D eigenvalue weighted by molar-refractivity contribution is 7.91. The number of primary amides is 1. The van der Waals surface area contributed by atoms with Gasteiger partial charge in [0.2, 0.25) is 9.84 Å². The van der Waals surface area contributed by atoms with Crippen molar-refractivity contribution in [1.29, 1.82) is 0 Å². The number of nitrogens with zero attached hydrogens (tertiary/aromatic N) is 3. The molecule has 0 spiro atoms.